The van der Waals surface area contributed by atoms with Gasteiger partial charge in [0.2, 0.25) is 0 Å². The van der Waals surface area contributed by atoms with Gasteiger partial charge in [0.05, 0.1) is 20.2 Å². The van der Waals surface area contributed by atoms with Gasteiger partial charge in [-0.25, -0.2) is 4.98 Å². The van der Waals surface area contributed by atoms with E-state index < -0.39 is 0 Å². The van der Waals surface area contributed by atoms with Crippen LogP contribution in [0.25, 0.3) is 0 Å². The van der Waals surface area contributed by atoms with Crippen molar-refractivity contribution in [3.63, 3.8) is 0 Å². The standard InChI is InChI=1S/C8H8N2S3/c1-4-10-6-5(12-4)8(2)7(13-6)9-3-11-8/h3,7H,1-2H3. The van der Waals surface area contributed by atoms with E-state index in [1.54, 1.807) is 11.8 Å². The van der Waals surface area contributed by atoms with Crippen molar-refractivity contribution in [1.82, 2.24) is 4.98 Å². The summed E-state index contributed by atoms with van der Waals surface area (Å²) < 4.78 is 0.173. The fourth-order valence-corrected chi connectivity index (χ4v) is 5.58. The summed E-state index contributed by atoms with van der Waals surface area (Å²) in [5.74, 6) is 0. The highest BCUT2D eigenvalue weighted by molar-refractivity contribution is 8.15. The van der Waals surface area contributed by atoms with Gasteiger partial charge in [0.15, 0.2) is 0 Å². The fraction of sp³-hybridized carbons (Fsp3) is 0.500. The van der Waals surface area contributed by atoms with Crippen LogP contribution in [0.3, 0.4) is 0 Å². The van der Waals surface area contributed by atoms with E-state index in [1.807, 2.05) is 28.6 Å². The van der Waals surface area contributed by atoms with Gasteiger partial charge in [-0.3, -0.25) is 4.99 Å². The van der Waals surface area contributed by atoms with Crippen LogP contribution in [-0.2, 0) is 4.75 Å². The third kappa shape index (κ3) is 0.980. The van der Waals surface area contributed by atoms with E-state index in [1.165, 1.54) is 14.9 Å². The van der Waals surface area contributed by atoms with E-state index in [9.17, 15) is 0 Å². The Kier molecular flexibility index (Phi) is 1.61. The van der Waals surface area contributed by atoms with Crippen molar-refractivity contribution in [2.45, 2.75) is 29.0 Å². The molecular formula is C8H8N2S3. The molecule has 2 aliphatic rings. The highest BCUT2D eigenvalue weighted by atomic mass is 32.2. The molecule has 0 amide bonds. The number of aromatic nitrogens is 1. The van der Waals surface area contributed by atoms with Gasteiger partial charge in [0.1, 0.15) is 10.4 Å². The molecule has 2 atom stereocenters. The first kappa shape index (κ1) is 8.32. The van der Waals surface area contributed by atoms with E-state index in [0.717, 1.165) is 0 Å². The van der Waals surface area contributed by atoms with Crippen molar-refractivity contribution < 1.29 is 0 Å². The molecule has 2 nitrogen and oxygen atoms in total. The van der Waals surface area contributed by atoms with Crippen molar-refractivity contribution >= 4 is 40.4 Å². The van der Waals surface area contributed by atoms with Gasteiger partial charge in [-0.1, -0.05) is 23.5 Å². The largest absolute Gasteiger partial charge is 0.270 e. The second-order valence-electron chi connectivity index (χ2n) is 3.32. The normalized spacial score (nSPS) is 35.1. The summed E-state index contributed by atoms with van der Waals surface area (Å²) in [5, 5.41) is 2.75. The van der Waals surface area contributed by atoms with Crippen LogP contribution in [-0.4, -0.2) is 15.9 Å². The molecule has 3 rings (SSSR count). The maximum Gasteiger partial charge on any atom is 0.122 e. The quantitative estimate of drug-likeness (QED) is 0.682. The van der Waals surface area contributed by atoms with Crippen molar-refractivity contribution in [3.05, 3.63) is 9.88 Å². The second-order valence-corrected chi connectivity index (χ2v) is 6.88. The molecule has 0 spiro atoms. The Morgan fingerprint density at radius 1 is 1.54 bits per heavy atom. The summed E-state index contributed by atoms with van der Waals surface area (Å²) in [6, 6.07) is 0. The summed E-state index contributed by atoms with van der Waals surface area (Å²) in [6.07, 6.45) is 0. The zero-order chi connectivity index (χ0) is 9.05. The maximum atomic E-state index is 4.51. The van der Waals surface area contributed by atoms with Gasteiger partial charge in [-0.15, -0.1) is 11.3 Å². The molecule has 13 heavy (non-hydrogen) atoms. The van der Waals surface area contributed by atoms with Gasteiger partial charge >= 0.3 is 0 Å². The molecule has 0 saturated heterocycles. The maximum absolute atomic E-state index is 4.51. The number of nitrogens with zero attached hydrogens (tertiary/aromatic N) is 2. The van der Waals surface area contributed by atoms with Crippen LogP contribution in [0.1, 0.15) is 16.8 Å². The molecular weight excluding hydrogens is 220 g/mol. The van der Waals surface area contributed by atoms with E-state index in [4.69, 9.17) is 0 Å². The molecule has 3 heterocycles. The number of thiazole rings is 1. The van der Waals surface area contributed by atoms with Gasteiger partial charge in [-0.2, -0.15) is 0 Å². The third-order valence-corrected chi connectivity index (χ3v) is 6.44. The topological polar surface area (TPSA) is 25.2 Å². The molecule has 0 aliphatic carbocycles. The van der Waals surface area contributed by atoms with Gasteiger partial charge in [0.25, 0.3) is 0 Å². The molecule has 1 aromatic heterocycles. The molecule has 2 unspecified atom stereocenters. The van der Waals surface area contributed by atoms with Gasteiger partial charge < -0.3 is 0 Å². The molecule has 68 valence electrons. The number of hydrogen-bond acceptors (Lipinski definition) is 5. The van der Waals surface area contributed by atoms with E-state index in [0.29, 0.717) is 5.37 Å². The molecule has 0 N–H and O–H groups in total. The summed E-state index contributed by atoms with van der Waals surface area (Å²) in [7, 11) is 0. The van der Waals surface area contributed by atoms with Crippen LogP contribution in [0.5, 0.6) is 0 Å². The third-order valence-electron chi connectivity index (χ3n) is 2.34. The highest BCUT2D eigenvalue weighted by Gasteiger charge is 2.49. The van der Waals surface area contributed by atoms with Gasteiger partial charge in [-0.05, 0) is 13.8 Å². The fourth-order valence-electron chi connectivity index (χ4n) is 1.61. The summed E-state index contributed by atoms with van der Waals surface area (Å²) in [4.78, 5) is 10.4. The summed E-state index contributed by atoms with van der Waals surface area (Å²) in [6.45, 7) is 4.34. The Hall–Kier alpha value is -0.000000000000000167. The van der Waals surface area contributed by atoms with Crippen molar-refractivity contribution in [3.8, 4) is 0 Å². The minimum absolute atomic E-state index is 0.173. The summed E-state index contributed by atoms with van der Waals surface area (Å²) in [5.41, 5.74) is 1.98. The Labute approximate surface area is 89.2 Å². The molecule has 0 saturated carbocycles. The van der Waals surface area contributed by atoms with Crippen LogP contribution < -0.4 is 0 Å². The van der Waals surface area contributed by atoms with Crippen LogP contribution in [0.15, 0.2) is 10.0 Å². The average molecular weight is 228 g/mol. The first-order valence-corrected chi connectivity index (χ1v) is 6.62. The molecule has 2 aliphatic heterocycles. The first-order valence-electron chi connectivity index (χ1n) is 4.04. The Bertz CT molecular complexity index is 398. The van der Waals surface area contributed by atoms with Crippen molar-refractivity contribution in [2.24, 2.45) is 4.99 Å². The van der Waals surface area contributed by atoms with Crippen LogP contribution in [0, 0.1) is 6.92 Å². The number of hydrogen-bond donors (Lipinski definition) is 0. The lowest BCUT2D eigenvalue weighted by Crippen LogP contribution is -2.20. The monoisotopic (exact) mass is 228 g/mol. The van der Waals surface area contributed by atoms with E-state index >= 15 is 0 Å². The lowest BCUT2D eigenvalue weighted by atomic mass is 10.1. The molecule has 0 bridgehead atoms. The average Bonchev–Trinajstić information content (AvgIpc) is 2.62. The lowest BCUT2D eigenvalue weighted by Gasteiger charge is -2.19. The number of aryl methyl sites for hydroxylation is 1. The predicted octanol–water partition coefficient (Wildman–Crippen LogP) is 2.87. The SMILES string of the molecule is Cc1nc2c(s1)C1(C)SC=NC1S2. The number of aliphatic imine (C=N–C) groups is 1. The highest BCUT2D eigenvalue weighted by Crippen LogP contribution is 2.59. The number of thioether (sulfide) groups is 2. The van der Waals surface area contributed by atoms with Crippen LogP contribution in [0.2, 0.25) is 0 Å². The molecule has 5 heteroatoms. The van der Waals surface area contributed by atoms with E-state index in [2.05, 4.69) is 23.8 Å². The Morgan fingerprint density at radius 2 is 2.38 bits per heavy atom. The second kappa shape index (κ2) is 2.52. The molecule has 0 fully saturated rings. The smallest absolute Gasteiger partial charge is 0.122 e. The Morgan fingerprint density at radius 3 is 3.23 bits per heavy atom. The minimum Gasteiger partial charge on any atom is -0.270 e. The lowest BCUT2D eigenvalue weighted by molar-refractivity contribution is 0.701. The zero-order valence-corrected chi connectivity index (χ0v) is 9.72. The molecule has 0 aromatic carbocycles. The number of fused-ring (bicyclic) bond motifs is 3. The van der Waals surface area contributed by atoms with Crippen LogP contribution in [0.4, 0.5) is 0 Å². The first-order chi connectivity index (χ1) is 6.20. The number of rotatable bonds is 0. The minimum atomic E-state index is 0.173. The van der Waals surface area contributed by atoms with Crippen LogP contribution >= 0.6 is 34.9 Å². The zero-order valence-electron chi connectivity index (χ0n) is 7.27. The van der Waals surface area contributed by atoms with Crippen molar-refractivity contribution in [2.75, 3.05) is 0 Å². The Balaban J connectivity index is 2.17. The van der Waals surface area contributed by atoms with Crippen molar-refractivity contribution in [1.29, 1.82) is 0 Å². The molecule has 1 aromatic rings. The predicted molar refractivity (Wildman–Crippen MR) is 59.9 cm³/mol. The summed E-state index contributed by atoms with van der Waals surface area (Å²) >= 11 is 5.46. The van der Waals surface area contributed by atoms with Gasteiger partial charge in [0, 0.05) is 0 Å². The van der Waals surface area contributed by atoms with E-state index in [-0.39, 0.29) is 4.75 Å². The molecule has 0 radical (unpaired) electrons.